The van der Waals surface area contributed by atoms with Crippen molar-refractivity contribution >= 4 is 33.1 Å². The summed E-state index contributed by atoms with van der Waals surface area (Å²) in [6.45, 7) is 1.62. The lowest BCUT2D eigenvalue weighted by molar-refractivity contribution is -0.132. The van der Waals surface area contributed by atoms with Gasteiger partial charge in [-0.3, -0.25) is 9.36 Å². The molecule has 1 aromatic carbocycles. The molecule has 158 valence electrons. The summed E-state index contributed by atoms with van der Waals surface area (Å²) in [5, 5.41) is 5.57. The fourth-order valence-electron chi connectivity index (χ4n) is 4.85. The first kappa shape index (κ1) is 18.7. The van der Waals surface area contributed by atoms with Crippen LogP contribution in [0, 0.1) is 0 Å². The molecule has 0 spiro atoms. The maximum atomic E-state index is 13.5. The van der Waals surface area contributed by atoms with Crippen LogP contribution in [-0.4, -0.2) is 43.1 Å². The van der Waals surface area contributed by atoms with E-state index in [1.165, 1.54) is 21.4 Å². The standard InChI is InChI=1S/C23H23N5O2S/c29-18(26-12-5-2-6-13-26)14-27-22-19(16-10-7-11-17(16)31-22)21-24-20(25-28(21)23(27)30)15-8-3-1-4-9-15/h1,3-4,8-9H,2,5-7,10-14H2. The third kappa shape index (κ3) is 3.00. The number of nitrogens with zero attached hydrogens (tertiary/aromatic N) is 5. The number of thiophene rings is 1. The molecule has 0 radical (unpaired) electrons. The van der Waals surface area contributed by atoms with Crippen molar-refractivity contribution in [2.75, 3.05) is 13.1 Å². The first-order valence-corrected chi connectivity index (χ1v) is 11.8. The molecule has 8 heteroatoms. The van der Waals surface area contributed by atoms with Crippen LogP contribution >= 0.6 is 11.3 Å². The Bertz CT molecular complexity index is 1360. The van der Waals surface area contributed by atoms with E-state index in [2.05, 4.69) is 5.10 Å². The molecule has 1 saturated heterocycles. The number of piperidine rings is 1. The number of fused-ring (bicyclic) bond motifs is 5. The highest BCUT2D eigenvalue weighted by Crippen LogP contribution is 2.38. The third-order valence-corrected chi connectivity index (χ3v) is 7.74. The Morgan fingerprint density at radius 3 is 2.65 bits per heavy atom. The zero-order chi connectivity index (χ0) is 20.9. The zero-order valence-corrected chi connectivity index (χ0v) is 18.0. The number of carbonyl (C=O) groups is 1. The van der Waals surface area contributed by atoms with E-state index in [1.54, 1.807) is 15.9 Å². The van der Waals surface area contributed by atoms with E-state index < -0.39 is 0 Å². The zero-order valence-electron chi connectivity index (χ0n) is 17.2. The first-order chi connectivity index (χ1) is 15.2. The normalized spacial score (nSPS) is 16.3. The molecule has 4 aromatic rings. The molecule has 1 aliphatic carbocycles. The molecule has 3 aromatic heterocycles. The van der Waals surface area contributed by atoms with Gasteiger partial charge in [0.05, 0.1) is 5.39 Å². The van der Waals surface area contributed by atoms with E-state index >= 15 is 0 Å². The molecule has 6 rings (SSSR count). The molecular formula is C23H23N5O2S. The highest BCUT2D eigenvalue weighted by atomic mass is 32.1. The summed E-state index contributed by atoms with van der Waals surface area (Å²) in [5.74, 6) is 0.552. The molecule has 1 fully saturated rings. The van der Waals surface area contributed by atoms with Gasteiger partial charge in [-0.15, -0.1) is 16.4 Å². The van der Waals surface area contributed by atoms with E-state index in [1.807, 2.05) is 35.2 Å². The fraction of sp³-hybridized carbons (Fsp3) is 0.391. The Morgan fingerprint density at radius 2 is 1.84 bits per heavy atom. The molecule has 1 amide bonds. The van der Waals surface area contributed by atoms with Gasteiger partial charge in [-0.25, -0.2) is 9.78 Å². The predicted octanol–water partition coefficient (Wildman–Crippen LogP) is 3.27. The van der Waals surface area contributed by atoms with Crippen LogP contribution in [0.2, 0.25) is 0 Å². The Hall–Kier alpha value is -3.00. The van der Waals surface area contributed by atoms with Crippen LogP contribution in [0.4, 0.5) is 0 Å². The minimum absolute atomic E-state index is 0.0133. The van der Waals surface area contributed by atoms with E-state index in [0.717, 1.165) is 61.0 Å². The van der Waals surface area contributed by atoms with Crippen molar-refractivity contribution in [3.8, 4) is 11.4 Å². The van der Waals surface area contributed by atoms with Gasteiger partial charge in [0.2, 0.25) is 5.91 Å². The Balaban J connectivity index is 1.55. The first-order valence-electron chi connectivity index (χ1n) is 11.0. The summed E-state index contributed by atoms with van der Waals surface area (Å²) in [4.78, 5) is 35.4. The number of hydrogen-bond acceptors (Lipinski definition) is 5. The number of aromatic nitrogens is 4. The molecule has 4 heterocycles. The Morgan fingerprint density at radius 1 is 1.03 bits per heavy atom. The van der Waals surface area contributed by atoms with Crippen molar-refractivity contribution < 1.29 is 4.79 Å². The van der Waals surface area contributed by atoms with Crippen LogP contribution in [0.15, 0.2) is 35.1 Å². The van der Waals surface area contributed by atoms with Crippen LogP contribution in [0.1, 0.15) is 36.1 Å². The molecule has 0 unspecified atom stereocenters. The van der Waals surface area contributed by atoms with Gasteiger partial charge in [0.15, 0.2) is 11.5 Å². The predicted molar refractivity (Wildman–Crippen MR) is 121 cm³/mol. The van der Waals surface area contributed by atoms with Crippen molar-refractivity contribution in [3.63, 3.8) is 0 Å². The highest BCUT2D eigenvalue weighted by molar-refractivity contribution is 7.19. The van der Waals surface area contributed by atoms with Gasteiger partial charge in [0.1, 0.15) is 11.4 Å². The minimum Gasteiger partial charge on any atom is -0.341 e. The second-order valence-corrected chi connectivity index (χ2v) is 9.47. The van der Waals surface area contributed by atoms with Gasteiger partial charge in [-0.2, -0.15) is 4.52 Å². The number of hydrogen-bond donors (Lipinski definition) is 0. The Labute approximate surface area is 182 Å². The number of aryl methyl sites for hydroxylation is 2. The number of amides is 1. The number of benzene rings is 1. The van der Waals surface area contributed by atoms with E-state index in [-0.39, 0.29) is 18.1 Å². The van der Waals surface area contributed by atoms with E-state index in [0.29, 0.717) is 11.5 Å². The summed E-state index contributed by atoms with van der Waals surface area (Å²) < 4.78 is 3.03. The van der Waals surface area contributed by atoms with Crippen molar-refractivity contribution in [1.82, 2.24) is 24.1 Å². The van der Waals surface area contributed by atoms with Crippen LogP contribution in [0.25, 0.3) is 27.3 Å². The lowest BCUT2D eigenvalue weighted by Crippen LogP contribution is -2.40. The molecule has 0 N–H and O–H groups in total. The molecular weight excluding hydrogens is 410 g/mol. The van der Waals surface area contributed by atoms with Crippen molar-refractivity contribution in [1.29, 1.82) is 0 Å². The van der Waals surface area contributed by atoms with Gasteiger partial charge in [0.25, 0.3) is 0 Å². The molecule has 0 bridgehead atoms. The number of carbonyl (C=O) groups excluding carboxylic acids is 1. The van der Waals surface area contributed by atoms with Crippen molar-refractivity contribution in [2.24, 2.45) is 0 Å². The van der Waals surface area contributed by atoms with Crippen LogP contribution < -0.4 is 5.69 Å². The van der Waals surface area contributed by atoms with Crippen molar-refractivity contribution in [2.45, 2.75) is 45.1 Å². The maximum absolute atomic E-state index is 13.5. The van der Waals surface area contributed by atoms with Gasteiger partial charge in [-0.1, -0.05) is 30.3 Å². The molecule has 1 aliphatic heterocycles. The average molecular weight is 434 g/mol. The summed E-state index contributed by atoms with van der Waals surface area (Å²) in [6.07, 6.45) is 6.36. The lowest BCUT2D eigenvalue weighted by Gasteiger charge is -2.27. The lowest BCUT2D eigenvalue weighted by atomic mass is 10.1. The molecule has 31 heavy (non-hydrogen) atoms. The second kappa shape index (κ2) is 7.30. The number of rotatable bonds is 3. The van der Waals surface area contributed by atoms with Gasteiger partial charge >= 0.3 is 5.69 Å². The highest BCUT2D eigenvalue weighted by Gasteiger charge is 2.27. The fourth-order valence-corrected chi connectivity index (χ4v) is 6.22. The Kier molecular flexibility index (Phi) is 4.41. The summed E-state index contributed by atoms with van der Waals surface area (Å²) in [6, 6.07) is 9.72. The van der Waals surface area contributed by atoms with Crippen LogP contribution in [-0.2, 0) is 24.2 Å². The average Bonchev–Trinajstić information content (AvgIpc) is 3.52. The summed E-state index contributed by atoms with van der Waals surface area (Å²) in [7, 11) is 0. The minimum atomic E-state index is -0.289. The maximum Gasteiger partial charge on any atom is 0.352 e. The molecule has 7 nitrogen and oxygen atoms in total. The molecule has 0 saturated carbocycles. The SMILES string of the molecule is O=C(Cn1c(=O)n2nc(-c3ccccc3)nc2c2c3c(sc21)CCC3)N1CCCCC1. The number of likely N-dealkylation sites (tertiary alicyclic amines) is 1. The van der Waals surface area contributed by atoms with Gasteiger partial charge < -0.3 is 4.90 Å². The quantitative estimate of drug-likeness (QED) is 0.497. The second-order valence-electron chi connectivity index (χ2n) is 8.38. The van der Waals surface area contributed by atoms with Crippen molar-refractivity contribution in [3.05, 3.63) is 51.3 Å². The summed E-state index contributed by atoms with van der Waals surface area (Å²) in [5.41, 5.74) is 2.47. The molecule has 2 aliphatic rings. The third-order valence-electron chi connectivity index (χ3n) is 6.42. The molecule has 0 atom stereocenters. The van der Waals surface area contributed by atoms with Gasteiger partial charge in [0, 0.05) is 23.5 Å². The monoisotopic (exact) mass is 433 g/mol. The van der Waals surface area contributed by atoms with E-state index in [9.17, 15) is 9.59 Å². The van der Waals surface area contributed by atoms with Crippen LogP contribution in [0.3, 0.4) is 0 Å². The summed E-state index contributed by atoms with van der Waals surface area (Å²) >= 11 is 1.65. The topological polar surface area (TPSA) is 72.5 Å². The largest absolute Gasteiger partial charge is 0.352 e. The smallest absolute Gasteiger partial charge is 0.341 e. The van der Waals surface area contributed by atoms with E-state index in [4.69, 9.17) is 4.98 Å². The van der Waals surface area contributed by atoms with Crippen LogP contribution in [0.5, 0.6) is 0 Å². The van der Waals surface area contributed by atoms with Gasteiger partial charge in [-0.05, 0) is 44.1 Å².